The zero-order valence-electron chi connectivity index (χ0n) is 17.2. The molecule has 1 aliphatic rings. The van der Waals surface area contributed by atoms with Crippen molar-refractivity contribution in [1.29, 1.82) is 0 Å². The molecule has 0 spiro atoms. The first kappa shape index (κ1) is 21.9. The fourth-order valence-electron chi connectivity index (χ4n) is 3.55. The lowest BCUT2D eigenvalue weighted by molar-refractivity contribution is 0.0610. The Morgan fingerprint density at radius 1 is 1.30 bits per heavy atom. The second kappa shape index (κ2) is 9.77. The first-order valence-corrected chi connectivity index (χ1v) is 9.96. The van der Waals surface area contributed by atoms with Crippen molar-refractivity contribution in [3.63, 3.8) is 0 Å². The minimum absolute atomic E-state index is 0. The first-order chi connectivity index (χ1) is 14.2. The van der Waals surface area contributed by atoms with Gasteiger partial charge in [-0.2, -0.15) is 5.10 Å². The van der Waals surface area contributed by atoms with Crippen molar-refractivity contribution in [3.8, 4) is 11.4 Å². The van der Waals surface area contributed by atoms with Gasteiger partial charge in [-0.25, -0.2) is 9.67 Å². The second-order valence-electron chi connectivity index (χ2n) is 7.09. The fourth-order valence-corrected chi connectivity index (χ4v) is 3.55. The number of nitrogens with one attached hydrogen (secondary N) is 1. The number of para-hydroxylation sites is 1. The number of hydrogen-bond acceptors (Lipinski definition) is 5. The van der Waals surface area contributed by atoms with Crippen LogP contribution in [0.25, 0.3) is 5.69 Å². The molecule has 1 aliphatic heterocycles. The number of ether oxygens (including phenoxy) is 1. The zero-order chi connectivity index (χ0) is 20.2. The van der Waals surface area contributed by atoms with Gasteiger partial charge in [0.1, 0.15) is 11.9 Å². The Morgan fingerprint density at radius 2 is 2.10 bits per heavy atom. The largest absolute Gasteiger partial charge is 0.489 e. The fraction of sp³-hybridized carbons (Fsp3) is 0.381. The van der Waals surface area contributed by atoms with Crippen molar-refractivity contribution in [3.05, 3.63) is 60.4 Å². The maximum Gasteiger partial charge on any atom is 0.278 e. The molecule has 1 saturated heterocycles. The third-order valence-corrected chi connectivity index (χ3v) is 5.03. The normalized spacial score (nSPS) is 16.2. The number of amides is 1. The molecule has 1 amide bonds. The summed E-state index contributed by atoms with van der Waals surface area (Å²) in [6.45, 7) is 4.54. The molecule has 8 nitrogen and oxygen atoms in total. The van der Waals surface area contributed by atoms with E-state index in [0.717, 1.165) is 24.5 Å². The van der Waals surface area contributed by atoms with Crippen molar-refractivity contribution in [2.45, 2.75) is 19.4 Å². The predicted molar refractivity (Wildman–Crippen MR) is 116 cm³/mol. The standard InChI is InChI=1S/C21H26N6O2.ClH/c1-3-13-29-18-15-27(16-7-5-4-6-8-16)24-19(18)21(28)26-12-9-22-14-17(26)20-23-10-11-25(20)2;/h4-8,10-11,15,17,22H,3,9,12-14H2,1-2H3;1H. The molecular weight excluding hydrogens is 404 g/mol. The molecule has 0 radical (unpaired) electrons. The highest BCUT2D eigenvalue weighted by Crippen LogP contribution is 2.27. The van der Waals surface area contributed by atoms with Crippen LogP contribution in [0.4, 0.5) is 0 Å². The lowest BCUT2D eigenvalue weighted by Gasteiger charge is -2.35. The Balaban J connectivity index is 0.00000256. The van der Waals surface area contributed by atoms with Crippen LogP contribution in [0.2, 0.25) is 0 Å². The van der Waals surface area contributed by atoms with Crippen molar-refractivity contribution in [2.75, 3.05) is 26.2 Å². The SMILES string of the molecule is CCCOc1cn(-c2ccccc2)nc1C(=O)N1CCNCC1c1nccn1C.Cl. The summed E-state index contributed by atoms with van der Waals surface area (Å²) in [5, 5.41) is 7.96. The van der Waals surface area contributed by atoms with Crippen molar-refractivity contribution < 1.29 is 9.53 Å². The predicted octanol–water partition coefficient (Wildman–Crippen LogP) is 2.60. The molecule has 1 unspecified atom stereocenters. The minimum Gasteiger partial charge on any atom is -0.489 e. The molecular formula is C21H27ClN6O2. The van der Waals surface area contributed by atoms with Crippen molar-refractivity contribution in [2.24, 2.45) is 7.05 Å². The Bertz CT molecular complexity index is 971. The second-order valence-corrected chi connectivity index (χ2v) is 7.09. The Kier molecular flexibility index (Phi) is 7.12. The number of aromatic nitrogens is 4. The van der Waals surface area contributed by atoms with Gasteiger partial charge >= 0.3 is 0 Å². The number of carbonyl (C=O) groups is 1. The van der Waals surface area contributed by atoms with Gasteiger partial charge in [-0.05, 0) is 18.6 Å². The molecule has 3 heterocycles. The Morgan fingerprint density at radius 3 is 2.80 bits per heavy atom. The van der Waals surface area contributed by atoms with Crippen LogP contribution in [0.5, 0.6) is 5.75 Å². The Labute approximate surface area is 182 Å². The van der Waals surface area contributed by atoms with Crippen LogP contribution in [0.3, 0.4) is 0 Å². The minimum atomic E-state index is -0.155. The molecule has 0 aliphatic carbocycles. The van der Waals surface area contributed by atoms with Crippen molar-refractivity contribution in [1.82, 2.24) is 29.5 Å². The monoisotopic (exact) mass is 430 g/mol. The third kappa shape index (κ3) is 4.34. The summed E-state index contributed by atoms with van der Waals surface area (Å²) >= 11 is 0. The molecule has 1 N–H and O–H groups in total. The van der Waals surface area contributed by atoms with E-state index in [4.69, 9.17) is 4.74 Å². The summed E-state index contributed by atoms with van der Waals surface area (Å²) in [5.41, 5.74) is 1.22. The van der Waals surface area contributed by atoms with Gasteiger partial charge < -0.3 is 19.5 Å². The number of halogens is 1. The van der Waals surface area contributed by atoms with E-state index in [-0.39, 0.29) is 24.4 Å². The highest BCUT2D eigenvalue weighted by atomic mass is 35.5. The van der Waals surface area contributed by atoms with E-state index in [0.29, 0.717) is 31.1 Å². The van der Waals surface area contributed by atoms with E-state index in [1.54, 1.807) is 17.1 Å². The topological polar surface area (TPSA) is 77.2 Å². The van der Waals surface area contributed by atoms with Crippen LogP contribution in [0, 0.1) is 0 Å². The lowest BCUT2D eigenvalue weighted by atomic mass is 10.1. The average Bonchev–Trinajstić information content (AvgIpc) is 3.38. The summed E-state index contributed by atoms with van der Waals surface area (Å²) in [7, 11) is 1.94. The van der Waals surface area contributed by atoms with Crippen LogP contribution in [0.1, 0.15) is 35.7 Å². The number of rotatable bonds is 6. The van der Waals surface area contributed by atoms with E-state index in [1.807, 2.05) is 60.0 Å². The van der Waals surface area contributed by atoms with Gasteiger partial charge in [0.2, 0.25) is 0 Å². The molecule has 2 aromatic heterocycles. The molecule has 0 saturated carbocycles. The summed E-state index contributed by atoms with van der Waals surface area (Å²) in [4.78, 5) is 19.9. The molecule has 3 aromatic rings. The van der Waals surface area contributed by atoms with Gasteiger partial charge in [0.15, 0.2) is 11.4 Å². The van der Waals surface area contributed by atoms with Gasteiger partial charge in [0.25, 0.3) is 5.91 Å². The Hall–Kier alpha value is -2.84. The molecule has 1 aromatic carbocycles. The molecule has 4 rings (SSSR count). The maximum atomic E-state index is 13.6. The smallest absolute Gasteiger partial charge is 0.278 e. The molecule has 30 heavy (non-hydrogen) atoms. The van der Waals surface area contributed by atoms with E-state index >= 15 is 0 Å². The number of nitrogens with zero attached hydrogens (tertiary/aromatic N) is 5. The van der Waals surface area contributed by atoms with Crippen LogP contribution >= 0.6 is 12.4 Å². The maximum absolute atomic E-state index is 13.6. The zero-order valence-corrected chi connectivity index (χ0v) is 18.0. The summed E-state index contributed by atoms with van der Waals surface area (Å²) < 4.78 is 9.54. The van der Waals surface area contributed by atoms with Crippen molar-refractivity contribution >= 4 is 18.3 Å². The lowest BCUT2D eigenvalue weighted by Crippen LogP contribution is -2.49. The summed E-state index contributed by atoms with van der Waals surface area (Å²) in [6.07, 6.45) is 6.29. The van der Waals surface area contributed by atoms with Gasteiger partial charge in [-0.1, -0.05) is 25.1 Å². The number of benzene rings is 1. The number of imidazole rings is 1. The highest BCUT2D eigenvalue weighted by Gasteiger charge is 2.34. The number of aryl methyl sites for hydroxylation is 1. The van der Waals surface area contributed by atoms with E-state index in [2.05, 4.69) is 15.4 Å². The average molecular weight is 431 g/mol. The van der Waals surface area contributed by atoms with Gasteiger partial charge in [-0.15, -0.1) is 12.4 Å². The number of hydrogen-bond donors (Lipinski definition) is 1. The molecule has 1 atom stereocenters. The van der Waals surface area contributed by atoms with E-state index in [1.165, 1.54) is 0 Å². The van der Waals surface area contributed by atoms with Gasteiger partial charge in [-0.3, -0.25) is 4.79 Å². The third-order valence-electron chi connectivity index (χ3n) is 5.03. The molecule has 1 fully saturated rings. The van der Waals surface area contributed by atoms with Gasteiger partial charge in [0, 0.05) is 39.1 Å². The molecule has 0 bridgehead atoms. The summed E-state index contributed by atoms with van der Waals surface area (Å²) in [5.74, 6) is 1.22. The van der Waals surface area contributed by atoms with E-state index < -0.39 is 0 Å². The van der Waals surface area contributed by atoms with Crippen LogP contribution in [0.15, 0.2) is 48.9 Å². The first-order valence-electron chi connectivity index (χ1n) is 9.96. The van der Waals surface area contributed by atoms with E-state index in [9.17, 15) is 4.79 Å². The molecule has 9 heteroatoms. The quantitative estimate of drug-likeness (QED) is 0.650. The van der Waals surface area contributed by atoms with Gasteiger partial charge in [0.05, 0.1) is 18.5 Å². The number of carbonyl (C=O) groups excluding carboxylic acids is 1. The summed E-state index contributed by atoms with van der Waals surface area (Å²) in [6, 6.07) is 9.58. The highest BCUT2D eigenvalue weighted by molar-refractivity contribution is 5.95. The van der Waals surface area contributed by atoms with Crippen LogP contribution in [-0.4, -0.2) is 56.4 Å². The van der Waals surface area contributed by atoms with Crippen LogP contribution < -0.4 is 10.1 Å². The molecule has 160 valence electrons. The number of piperazine rings is 1. The van der Waals surface area contributed by atoms with Crippen LogP contribution in [-0.2, 0) is 7.05 Å².